The molecule has 2 aromatic rings. The van der Waals surface area contributed by atoms with Crippen LogP contribution in [0.3, 0.4) is 0 Å². The fraction of sp³-hybridized carbons (Fsp3) is 0.350. The lowest BCUT2D eigenvalue weighted by Crippen LogP contribution is -2.48. The molecule has 1 aliphatic rings. The van der Waals surface area contributed by atoms with Gasteiger partial charge in [0.05, 0.1) is 18.9 Å². The van der Waals surface area contributed by atoms with Gasteiger partial charge in [0.25, 0.3) is 0 Å². The molecule has 25 heavy (non-hydrogen) atoms. The molecule has 0 radical (unpaired) electrons. The van der Waals surface area contributed by atoms with Gasteiger partial charge >= 0.3 is 0 Å². The summed E-state index contributed by atoms with van der Waals surface area (Å²) in [4.78, 5) is 16.5. The predicted molar refractivity (Wildman–Crippen MR) is 99.3 cm³/mol. The largest absolute Gasteiger partial charge is 0.497 e. The molecule has 132 valence electrons. The van der Waals surface area contributed by atoms with Crippen molar-refractivity contribution in [2.75, 3.05) is 44.7 Å². The molecule has 3 rings (SSSR count). The first-order valence-electron chi connectivity index (χ1n) is 8.56. The van der Waals surface area contributed by atoms with E-state index < -0.39 is 6.10 Å². The Balaban J connectivity index is 1.59. The van der Waals surface area contributed by atoms with Gasteiger partial charge < -0.3 is 14.7 Å². The zero-order valence-corrected chi connectivity index (χ0v) is 14.5. The summed E-state index contributed by atoms with van der Waals surface area (Å²) in [5, 5.41) is 10.5. The smallest absolute Gasteiger partial charge is 0.201 e. The van der Waals surface area contributed by atoms with E-state index in [1.807, 2.05) is 42.5 Å². The summed E-state index contributed by atoms with van der Waals surface area (Å²) < 4.78 is 5.22. The lowest BCUT2D eigenvalue weighted by atomic mass is 10.1. The van der Waals surface area contributed by atoms with E-state index in [1.54, 1.807) is 19.2 Å². The minimum Gasteiger partial charge on any atom is -0.497 e. The second-order valence-corrected chi connectivity index (χ2v) is 6.24. The molecular formula is C20H24N2O3. The van der Waals surface area contributed by atoms with Gasteiger partial charge in [-0.1, -0.05) is 30.3 Å². The van der Waals surface area contributed by atoms with Crippen molar-refractivity contribution in [3.63, 3.8) is 0 Å². The monoisotopic (exact) mass is 340 g/mol. The maximum absolute atomic E-state index is 12.1. The van der Waals surface area contributed by atoms with E-state index in [1.165, 1.54) is 0 Å². The van der Waals surface area contributed by atoms with Gasteiger partial charge in [0, 0.05) is 32.7 Å². The third-order valence-electron chi connectivity index (χ3n) is 4.60. The number of nitrogens with zero attached hydrogens (tertiary/aromatic N) is 2. The summed E-state index contributed by atoms with van der Waals surface area (Å²) in [6.45, 7) is 3.78. The summed E-state index contributed by atoms with van der Waals surface area (Å²) in [7, 11) is 1.62. The van der Waals surface area contributed by atoms with E-state index in [-0.39, 0.29) is 5.43 Å². The standard InChI is InChI=1S/C20H24N2O3/c1-25-17-7-5-6-16(14-17)20(24)15-21-10-12-22(13-11-21)18-8-3-2-4-9-19(18)23/h2-9,14,20,24H,10-13,15H2,1H3. The number of anilines is 1. The Morgan fingerprint density at radius 3 is 2.56 bits per heavy atom. The molecule has 0 aromatic heterocycles. The van der Waals surface area contributed by atoms with Gasteiger partial charge in [0.1, 0.15) is 5.75 Å². The van der Waals surface area contributed by atoms with Crippen molar-refractivity contribution in [1.82, 2.24) is 4.90 Å². The molecular weight excluding hydrogens is 316 g/mol. The van der Waals surface area contributed by atoms with Crippen molar-refractivity contribution in [1.29, 1.82) is 0 Å². The van der Waals surface area contributed by atoms with Crippen molar-refractivity contribution in [2.24, 2.45) is 0 Å². The van der Waals surface area contributed by atoms with Crippen LogP contribution in [0.25, 0.3) is 0 Å². The molecule has 0 bridgehead atoms. The van der Waals surface area contributed by atoms with E-state index in [0.717, 1.165) is 43.2 Å². The predicted octanol–water partition coefficient (Wildman–Crippen LogP) is 1.91. The highest BCUT2D eigenvalue weighted by molar-refractivity contribution is 5.45. The molecule has 1 N–H and O–H groups in total. The Bertz CT molecular complexity index is 758. The highest BCUT2D eigenvalue weighted by Crippen LogP contribution is 2.21. The van der Waals surface area contributed by atoms with E-state index in [2.05, 4.69) is 9.80 Å². The van der Waals surface area contributed by atoms with E-state index in [0.29, 0.717) is 6.54 Å². The van der Waals surface area contributed by atoms with Crippen LogP contribution in [0.15, 0.2) is 59.4 Å². The number of aliphatic hydroxyl groups excluding tert-OH is 1. The number of hydrogen-bond donors (Lipinski definition) is 1. The molecule has 2 aromatic carbocycles. The molecule has 0 saturated carbocycles. The van der Waals surface area contributed by atoms with Crippen LogP contribution < -0.4 is 15.1 Å². The third-order valence-corrected chi connectivity index (χ3v) is 4.60. The molecule has 1 fully saturated rings. The van der Waals surface area contributed by atoms with E-state index in [9.17, 15) is 9.90 Å². The molecule has 1 saturated heterocycles. The third kappa shape index (κ3) is 4.38. The van der Waals surface area contributed by atoms with Crippen molar-refractivity contribution in [3.8, 4) is 5.75 Å². The quantitative estimate of drug-likeness (QED) is 0.901. The minimum atomic E-state index is -0.550. The van der Waals surface area contributed by atoms with Crippen LogP contribution in [-0.4, -0.2) is 49.8 Å². The number of rotatable bonds is 5. The average Bonchev–Trinajstić information content (AvgIpc) is 2.87. The molecule has 5 nitrogen and oxygen atoms in total. The summed E-state index contributed by atoms with van der Waals surface area (Å²) in [6, 6.07) is 16.6. The number of aliphatic hydroxyl groups is 1. The van der Waals surface area contributed by atoms with Gasteiger partial charge in [-0.05, 0) is 29.8 Å². The Hall–Kier alpha value is -2.37. The van der Waals surface area contributed by atoms with E-state index in [4.69, 9.17) is 4.74 Å². The topological polar surface area (TPSA) is 53.0 Å². The van der Waals surface area contributed by atoms with Gasteiger partial charge in [-0.3, -0.25) is 9.69 Å². The lowest BCUT2D eigenvalue weighted by Gasteiger charge is -2.36. The fourth-order valence-electron chi connectivity index (χ4n) is 3.15. The second-order valence-electron chi connectivity index (χ2n) is 6.24. The maximum atomic E-state index is 12.1. The van der Waals surface area contributed by atoms with Gasteiger partial charge in [-0.15, -0.1) is 0 Å². The number of hydrogen-bond acceptors (Lipinski definition) is 5. The van der Waals surface area contributed by atoms with Crippen LogP contribution in [-0.2, 0) is 0 Å². The highest BCUT2D eigenvalue weighted by Gasteiger charge is 2.21. The maximum Gasteiger partial charge on any atom is 0.201 e. The van der Waals surface area contributed by atoms with Crippen molar-refractivity contribution in [2.45, 2.75) is 6.10 Å². The Morgan fingerprint density at radius 2 is 1.80 bits per heavy atom. The molecule has 0 spiro atoms. The van der Waals surface area contributed by atoms with Crippen LogP contribution in [0.5, 0.6) is 5.75 Å². The van der Waals surface area contributed by atoms with E-state index >= 15 is 0 Å². The molecule has 0 aliphatic carbocycles. The number of methoxy groups -OCH3 is 1. The lowest BCUT2D eigenvalue weighted by molar-refractivity contribution is 0.109. The molecule has 5 heteroatoms. The minimum absolute atomic E-state index is 0.0508. The summed E-state index contributed by atoms with van der Waals surface area (Å²) >= 11 is 0. The van der Waals surface area contributed by atoms with Gasteiger partial charge in [0.15, 0.2) is 0 Å². The van der Waals surface area contributed by atoms with Crippen molar-refractivity contribution >= 4 is 5.69 Å². The fourth-order valence-corrected chi connectivity index (χ4v) is 3.15. The first-order chi connectivity index (χ1) is 12.2. The van der Waals surface area contributed by atoms with Crippen molar-refractivity contribution in [3.05, 3.63) is 70.4 Å². The van der Waals surface area contributed by atoms with Crippen LogP contribution in [0.4, 0.5) is 5.69 Å². The molecule has 1 aliphatic heterocycles. The Labute approximate surface area is 148 Å². The first kappa shape index (κ1) is 17.5. The molecule has 1 unspecified atom stereocenters. The van der Waals surface area contributed by atoms with Crippen LogP contribution in [0, 0.1) is 0 Å². The molecule has 1 atom stereocenters. The zero-order chi connectivity index (χ0) is 17.6. The van der Waals surface area contributed by atoms with Crippen molar-refractivity contribution < 1.29 is 9.84 Å². The van der Waals surface area contributed by atoms with Crippen LogP contribution in [0.2, 0.25) is 0 Å². The molecule has 0 amide bonds. The van der Waals surface area contributed by atoms with Gasteiger partial charge in [-0.25, -0.2) is 0 Å². The Kier molecular flexibility index (Phi) is 5.68. The number of ether oxygens (including phenoxy) is 1. The normalized spacial score (nSPS) is 16.5. The zero-order valence-electron chi connectivity index (χ0n) is 14.5. The summed E-state index contributed by atoms with van der Waals surface area (Å²) in [5.41, 5.74) is 1.66. The van der Waals surface area contributed by atoms with Gasteiger partial charge in [-0.2, -0.15) is 0 Å². The van der Waals surface area contributed by atoms with Crippen LogP contribution >= 0.6 is 0 Å². The highest BCUT2D eigenvalue weighted by atomic mass is 16.5. The van der Waals surface area contributed by atoms with Crippen LogP contribution in [0.1, 0.15) is 11.7 Å². The first-order valence-corrected chi connectivity index (χ1v) is 8.56. The summed E-state index contributed by atoms with van der Waals surface area (Å²) in [5.74, 6) is 0.751. The summed E-state index contributed by atoms with van der Waals surface area (Å²) in [6.07, 6.45) is -0.550. The number of β-amino-alcohol motifs (C(OH)–C–C–N with tert-alkyl or cyclic N) is 1. The molecule has 1 heterocycles. The SMILES string of the molecule is COc1cccc(C(O)CN2CCN(c3cccccc3=O)CC2)c1. The second kappa shape index (κ2) is 8.14. The average molecular weight is 340 g/mol. The van der Waals surface area contributed by atoms with Gasteiger partial charge in [0.2, 0.25) is 5.43 Å². The number of benzene rings is 1. The Morgan fingerprint density at radius 1 is 1.04 bits per heavy atom. The number of piperazine rings is 1.